The molecule has 0 fully saturated rings. The number of benzene rings is 2. The number of thioether (sulfide) groups is 1. The fourth-order valence-electron chi connectivity index (χ4n) is 2.18. The van der Waals surface area contributed by atoms with Gasteiger partial charge in [0.1, 0.15) is 5.75 Å². The third-order valence-electron chi connectivity index (χ3n) is 3.55. The standard InChI is InChI=1S/C19H20N4O3S/c1-23(2)15-10-8-14(9-11-15)20-17(24)13-27-19-22-21-18(26-19)12-25-16-6-4-3-5-7-16/h3-11H,12-13H2,1-2H3,(H,20,24). The van der Waals surface area contributed by atoms with E-state index in [4.69, 9.17) is 9.15 Å². The van der Waals surface area contributed by atoms with Crippen molar-refractivity contribution < 1.29 is 13.9 Å². The highest BCUT2D eigenvalue weighted by atomic mass is 32.2. The van der Waals surface area contributed by atoms with Crippen LogP contribution in [0, 0.1) is 0 Å². The smallest absolute Gasteiger partial charge is 0.277 e. The maximum Gasteiger partial charge on any atom is 0.277 e. The minimum absolute atomic E-state index is 0.141. The molecule has 3 aromatic rings. The molecule has 0 aliphatic carbocycles. The third kappa shape index (κ3) is 5.75. The summed E-state index contributed by atoms with van der Waals surface area (Å²) >= 11 is 1.18. The number of nitrogens with zero attached hydrogens (tertiary/aromatic N) is 3. The van der Waals surface area contributed by atoms with Crippen molar-refractivity contribution in [1.29, 1.82) is 0 Å². The van der Waals surface area contributed by atoms with Crippen LogP contribution in [0.1, 0.15) is 5.89 Å². The highest BCUT2D eigenvalue weighted by Gasteiger charge is 2.10. The van der Waals surface area contributed by atoms with Gasteiger partial charge in [0.05, 0.1) is 5.75 Å². The largest absolute Gasteiger partial charge is 0.484 e. The van der Waals surface area contributed by atoms with E-state index in [0.717, 1.165) is 17.1 Å². The summed E-state index contributed by atoms with van der Waals surface area (Å²) in [7, 11) is 3.93. The SMILES string of the molecule is CN(C)c1ccc(NC(=O)CSc2nnc(COc3ccccc3)o2)cc1. The summed E-state index contributed by atoms with van der Waals surface area (Å²) in [6.45, 7) is 0.183. The molecular weight excluding hydrogens is 364 g/mol. The second-order valence-corrected chi connectivity index (χ2v) is 6.77. The molecule has 0 unspecified atom stereocenters. The Hall–Kier alpha value is -3.00. The number of ether oxygens (including phenoxy) is 1. The zero-order valence-electron chi connectivity index (χ0n) is 15.1. The zero-order chi connectivity index (χ0) is 19.1. The van der Waals surface area contributed by atoms with Gasteiger partial charge in [-0.3, -0.25) is 4.79 Å². The number of anilines is 2. The minimum atomic E-state index is -0.141. The topological polar surface area (TPSA) is 80.5 Å². The predicted octanol–water partition coefficient (Wildman–Crippen LogP) is 3.45. The number of nitrogens with one attached hydrogen (secondary N) is 1. The molecule has 0 spiro atoms. The monoisotopic (exact) mass is 384 g/mol. The Morgan fingerprint density at radius 2 is 1.85 bits per heavy atom. The average molecular weight is 384 g/mol. The maximum atomic E-state index is 12.1. The van der Waals surface area contributed by atoms with E-state index in [2.05, 4.69) is 15.5 Å². The van der Waals surface area contributed by atoms with Crippen LogP contribution in [-0.4, -0.2) is 36.0 Å². The first kappa shape index (κ1) is 18.8. The van der Waals surface area contributed by atoms with Gasteiger partial charge >= 0.3 is 0 Å². The molecule has 3 rings (SSSR count). The Morgan fingerprint density at radius 1 is 1.11 bits per heavy atom. The first-order valence-corrected chi connectivity index (χ1v) is 9.29. The van der Waals surface area contributed by atoms with E-state index in [0.29, 0.717) is 11.1 Å². The zero-order valence-corrected chi connectivity index (χ0v) is 15.9. The van der Waals surface area contributed by atoms with Gasteiger partial charge in [-0.1, -0.05) is 30.0 Å². The molecule has 2 aromatic carbocycles. The van der Waals surface area contributed by atoms with Crippen molar-refractivity contribution in [2.75, 3.05) is 30.1 Å². The molecule has 0 saturated heterocycles. The summed E-state index contributed by atoms with van der Waals surface area (Å²) < 4.78 is 11.0. The highest BCUT2D eigenvalue weighted by Crippen LogP contribution is 2.19. The van der Waals surface area contributed by atoms with Gasteiger partial charge in [0.15, 0.2) is 6.61 Å². The Balaban J connectivity index is 1.44. The van der Waals surface area contributed by atoms with E-state index in [1.165, 1.54) is 11.8 Å². The number of carbonyl (C=O) groups excluding carboxylic acids is 1. The van der Waals surface area contributed by atoms with E-state index in [9.17, 15) is 4.79 Å². The van der Waals surface area contributed by atoms with Crippen LogP contribution in [0.4, 0.5) is 11.4 Å². The van der Waals surface area contributed by atoms with Crippen LogP contribution in [0.15, 0.2) is 64.2 Å². The number of carbonyl (C=O) groups is 1. The van der Waals surface area contributed by atoms with Gasteiger partial charge < -0.3 is 19.4 Å². The average Bonchev–Trinajstić information content (AvgIpc) is 3.14. The van der Waals surface area contributed by atoms with Crippen molar-refractivity contribution in [3.8, 4) is 5.75 Å². The van der Waals surface area contributed by atoms with Crippen LogP contribution in [0.3, 0.4) is 0 Å². The summed E-state index contributed by atoms with van der Waals surface area (Å²) in [6.07, 6.45) is 0. The van der Waals surface area contributed by atoms with E-state index >= 15 is 0 Å². The first-order valence-electron chi connectivity index (χ1n) is 8.30. The number of hydrogen-bond donors (Lipinski definition) is 1. The van der Waals surface area contributed by atoms with Gasteiger partial charge in [0, 0.05) is 25.5 Å². The van der Waals surface area contributed by atoms with Gasteiger partial charge in [0.2, 0.25) is 5.91 Å². The molecule has 1 amide bonds. The molecule has 0 saturated carbocycles. The lowest BCUT2D eigenvalue weighted by Crippen LogP contribution is -2.14. The van der Waals surface area contributed by atoms with Crippen LogP contribution in [0.2, 0.25) is 0 Å². The van der Waals surface area contributed by atoms with Gasteiger partial charge in [-0.05, 0) is 36.4 Å². The molecule has 27 heavy (non-hydrogen) atoms. The van der Waals surface area contributed by atoms with Gasteiger partial charge in [-0.25, -0.2) is 0 Å². The molecular formula is C19H20N4O3S. The van der Waals surface area contributed by atoms with Crippen LogP contribution < -0.4 is 15.0 Å². The van der Waals surface area contributed by atoms with Crippen LogP contribution in [0.25, 0.3) is 0 Å². The van der Waals surface area contributed by atoms with Gasteiger partial charge in [-0.2, -0.15) is 0 Å². The van der Waals surface area contributed by atoms with E-state index < -0.39 is 0 Å². The number of hydrogen-bond acceptors (Lipinski definition) is 7. The van der Waals surface area contributed by atoms with Crippen molar-refractivity contribution in [1.82, 2.24) is 10.2 Å². The Bertz CT molecular complexity index is 866. The molecule has 0 radical (unpaired) electrons. The van der Waals surface area contributed by atoms with Gasteiger partial charge in [-0.15, -0.1) is 10.2 Å². The number of aromatic nitrogens is 2. The molecule has 1 heterocycles. The van der Waals surface area contributed by atoms with Crippen molar-refractivity contribution in [2.24, 2.45) is 0 Å². The summed E-state index contributed by atoms with van der Waals surface area (Å²) in [4.78, 5) is 14.1. The van der Waals surface area contributed by atoms with Crippen molar-refractivity contribution in [3.63, 3.8) is 0 Å². The summed E-state index contributed by atoms with van der Waals surface area (Å²) in [5, 5.41) is 11.0. The van der Waals surface area contributed by atoms with Crippen molar-refractivity contribution in [2.45, 2.75) is 11.8 Å². The number of rotatable bonds is 8. The number of amides is 1. The first-order chi connectivity index (χ1) is 13.1. The molecule has 7 nitrogen and oxygen atoms in total. The van der Waals surface area contributed by atoms with Crippen LogP contribution in [0.5, 0.6) is 5.75 Å². The van der Waals surface area contributed by atoms with Gasteiger partial charge in [0.25, 0.3) is 11.1 Å². The maximum absolute atomic E-state index is 12.1. The fourth-order valence-corrected chi connectivity index (χ4v) is 2.76. The third-order valence-corrected chi connectivity index (χ3v) is 4.37. The quantitative estimate of drug-likeness (QED) is 0.596. The molecule has 8 heteroatoms. The Kier molecular flexibility index (Phi) is 6.32. The second kappa shape index (κ2) is 9.09. The Labute approximate surface area is 161 Å². The molecule has 0 aliphatic rings. The Morgan fingerprint density at radius 3 is 2.56 bits per heavy atom. The van der Waals surface area contributed by atoms with E-state index in [1.54, 1.807) is 0 Å². The molecule has 1 aromatic heterocycles. The van der Waals surface area contributed by atoms with Crippen molar-refractivity contribution in [3.05, 3.63) is 60.5 Å². The summed E-state index contributed by atoms with van der Waals surface area (Å²) in [5.74, 6) is 1.12. The fraction of sp³-hybridized carbons (Fsp3) is 0.211. The molecule has 0 atom stereocenters. The molecule has 1 N–H and O–H groups in total. The second-order valence-electron chi connectivity index (χ2n) is 5.84. The molecule has 0 bridgehead atoms. The van der Waals surface area contributed by atoms with Crippen LogP contribution >= 0.6 is 11.8 Å². The number of para-hydroxylation sites is 1. The minimum Gasteiger partial charge on any atom is -0.484 e. The highest BCUT2D eigenvalue weighted by molar-refractivity contribution is 7.99. The lowest BCUT2D eigenvalue weighted by atomic mass is 10.2. The molecule has 140 valence electrons. The van der Waals surface area contributed by atoms with Crippen LogP contribution in [-0.2, 0) is 11.4 Å². The van der Waals surface area contributed by atoms with E-state index in [1.807, 2.05) is 73.6 Å². The van der Waals surface area contributed by atoms with E-state index in [-0.39, 0.29) is 18.3 Å². The lowest BCUT2D eigenvalue weighted by molar-refractivity contribution is -0.113. The predicted molar refractivity (Wildman–Crippen MR) is 105 cm³/mol. The lowest BCUT2D eigenvalue weighted by Gasteiger charge is -2.12. The molecule has 0 aliphatic heterocycles. The van der Waals surface area contributed by atoms with Crippen molar-refractivity contribution >= 4 is 29.0 Å². The summed E-state index contributed by atoms with van der Waals surface area (Å²) in [6, 6.07) is 17.0. The normalized spacial score (nSPS) is 10.4. The summed E-state index contributed by atoms with van der Waals surface area (Å²) in [5.41, 5.74) is 1.81.